The number of aliphatic hydroxyl groups is 1. The number of hydrogen-bond donors (Lipinski definition) is 1. The molecule has 0 fully saturated rings. The number of alkyl halides is 3. The minimum absolute atomic E-state index is 0.164. The highest BCUT2D eigenvalue weighted by atomic mass is 79.9. The Kier molecular flexibility index (Phi) is 3.98. The molecule has 0 spiro atoms. The third-order valence-electron chi connectivity index (χ3n) is 2.49. The number of aryl methyl sites for hydroxylation is 1. The van der Waals surface area contributed by atoms with Gasteiger partial charge in [-0.2, -0.15) is 13.2 Å². The Bertz CT molecular complexity index is 597. The van der Waals surface area contributed by atoms with Crippen LogP contribution >= 0.6 is 27.3 Å². The van der Waals surface area contributed by atoms with Gasteiger partial charge in [-0.1, -0.05) is 28.1 Å². The molecule has 1 N–H and O–H groups in total. The Balaban J connectivity index is 2.34. The summed E-state index contributed by atoms with van der Waals surface area (Å²) >= 11 is 3.74. The van der Waals surface area contributed by atoms with Crippen LogP contribution in [0.3, 0.4) is 0 Å². The Morgan fingerprint density at radius 3 is 2.58 bits per heavy atom. The second-order valence-corrected chi connectivity index (χ2v) is 5.91. The van der Waals surface area contributed by atoms with Crippen molar-refractivity contribution in [1.82, 2.24) is 4.98 Å². The van der Waals surface area contributed by atoms with Gasteiger partial charge in [-0.25, -0.2) is 4.98 Å². The first-order valence-corrected chi connectivity index (χ1v) is 6.87. The molecule has 1 unspecified atom stereocenters. The lowest BCUT2D eigenvalue weighted by molar-refractivity contribution is -0.137. The second kappa shape index (κ2) is 5.22. The molecule has 0 aliphatic rings. The molecule has 102 valence electrons. The van der Waals surface area contributed by atoms with E-state index in [9.17, 15) is 18.3 Å². The molecule has 0 saturated carbocycles. The lowest BCUT2D eigenvalue weighted by Gasteiger charge is -2.11. The van der Waals surface area contributed by atoms with Crippen LogP contribution in [0.5, 0.6) is 0 Å². The molecule has 0 amide bonds. The molecule has 0 aliphatic carbocycles. The number of halogens is 4. The maximum atomic E-state index is 12.5. The summed E-state index contributed by atoms with van der Waals surface area (Å²) in [5, 5.41) is 9.16. The van der Waals surface area contributed by atoms with Crippen LogP contribution in [0, 0.1) is 6.92 Å². The third-order valence-corrected chi connectivity index (χ3v) is 4.27. The van der Waals surface area contributed by atoms with E-state index in [0.29, 0.717) is 21.4 Å². The van der Waals surface area contributed by atoms with Gasteiger partial charge in [0, 0.05) is 16.2 Å². The van der Waals surface area contributed by atoms with E-state index in [2.05, 4.69) is 20.9 Å². The van der Waals surface area contributed by atoms with Gasteiger partial charge in [-0.15, -0.1) is 11.3 Å². The van der Waals surface area contributed by atoms with Crippen molar-refractivity contribution in [2.24, 2.45) is 0 Å². The number of thiazole rings is 1. The summed E-state index contributed by atoms with van der Waals surface area (Å²) in [6, 6.07) is 5.26. The molecule has 1 aromatic heterocycles. The van der Waals surface area contributed by atoms with Crippen molar-refractivity contribution in [2.75, 3.05) is 0 Å². The summed E-state index contributed by atoms with van der Waals surface area (Å²) in [6.45, 7) is 1.88. The monoisotopic (exact) mass is 351 g/mol. The number of rotatable bonds is 2. The van der Waals surface area contributed by atoms with Gasteiger partial charge in [0.25, 0.3) is 0 Å². The molecule has 1 heterocycles. The highest BCUT2D eigenvalue weighted by molar-refractivity contribution is 9.10. The van der Waals surface area contributed by atoms with Crippen molar-refractivity contribution < 1.29 is 18.3 Å². The molecule has 19 heavy (non-hydrogen) atoms. The van der Waals surface area contributed by atoms with Crippen LogP contribution in [0.2, 0.25) is 0 Å². The highest BCUT2D eigenvalue weighted by Gasteiger charge is 2.35. The first kappa shape index (κ1) is 14.5. The summed E-state index contributed by atoms with van der Waals surface area (Å²) in [7, 11) is 0. The summed E-state index contributed by atoms with van der Waals surface area (Å²) in [5.74, 6) is 0. The van der Waals surface area contributed by atoms with Crippen molar-refractivity contribution in [3.05, 3.63) is 49.9 Å². The summed E-state index contributed by atoms with van der Waals surface area (Å²) in [4.78, 5) is 3.46. The van der Waals surface area contributed by atoms with Gasteiger partial charge >= 0.3 is 6.18 Å². The number of benzene rings is 1. The SMILES string of the molecule is Cc1ccc(C(O)c2cnc(C(F)(F)F)s2)c(Br)c1. The van der Waals surface area contributed by atoms with Crippen LogP contribution in [0.1, 0.15) is 27.1 Å². The fraction of sp³-hybridized carbons (Fsp3) is 0.250. The summed E-state index contributed by atoms with van der Waals surface area (Å²) in [6.07, 6.45) is -4.54. The fourth-order valence-corrected chi connectivity index (χ4v) is 3.05. The molecule has 2 nitrogen and oxygen atoms in total. The average Bonchev–Trinajstić information content (AvgIpc) is 2.76. The van der Waals surface area contributed by atoms with E-state index in [0.717, 1.165) is 11.8 Å². The van der Waals surface area contributed by atoms with Gasteiger partial charge in [0.2, 0.25) is 0 Å². The minimum Gasteiger partial charge on any atom is -0.383 e. The quantitative estimate of drug-likeness (QED) is 0.874. The van der Waals surface area contributed by atoms with E-state index in [1.54, 1.807) is 18.2 Å². The number of aromatic nitrogens is 1. The van der Waals surface area contributed by atoms with Crippen molar-refractivity contribution in [3.8, 4) is 0 Å². The van der Waals surface area contributed by atoms with Crippen LogP contribution in [0.25, 0.3) is 0 Å². The zero-order valence-corrected chi connectivity index (χ0v) is 12.1. The second-order valence-electron chi connectivity index (χ2n) is 3.99. The minimum atomic E-state index is -4.48. The van der Waals surface area contributed by atoms with E-state index in [4.69, 9.17) is 0 Å². The van der Waals surface area contributed by atoms with E-state index in [1.807, 2.05) is 6.92 Å². The van der Waals surface area contributed by atoms with Gasteiger partial charge in [0.15, 0.2) is 5.01 Å². The topological polar surface area (TPSA) is 33.1 Å². The van der Waals surface area contributed by atoms with Gasteiger partial charge < -0.3 is 5.11 Å². The molecule has 7 heteroatoms. The van der Waals surface area contributed by atoms with Gasteiger partial charge in [-0.3, -0.25) is 0 Å². The maximum Gasteiger partial charge on any atom is 0.443 e. The predicted molar refractivity (Wildman–Crippen MR) is 70.1 cm³/mol. The summed E-state index contributed by atoms with van der Waals surface area (Å²) in [5.41, 5.74) is 1.51. The lowest BCUT2D eigenvalue weighted by Crippen LogP contribution is -2.03. The van der Waals surface area contributed by atoms with E-state index in [-0.39, 0.29) is 4.88 Å². The highest BCUT2D eigenvalue weighted by Crippen LogP contribution is 2.37. The first-order chi connectivity index (χ1) is 8.79. The van der Waals surface area contributed by atoms with E-state index >= 15 is 0 Å². The normalized spacial score (nSPS) is 13.6. The van der Waals surface area contributed by atoms with Crippen LogP contribution in [-0.4, -0.2) is 10.1 Å². The molecule has 1 atom stereocenters. The standard InChI is InChI=1S/C12H9BrF3NOS/c1-6-2-3-7(8(13)4-6)10(18)9-5-17-11(19-9)12(14,15)16/h2-5,10,18H,1H3. The smallest absolute Gasteiger partial charge is 0.383 e. The molecule has 0 aliphatic heterocycles. The first-order valence-electron chi connectivity index (χ1n) is 5.26. The molecular formula is C12H9BrF3NOS. The van der Waals surface area contributed by atoms with Crippen LogP contribution in [0.15, 0.2) is 28.9 Å². The molecular weight excluding hydrogens is 343 g/mol. The van der Waals surface area contributed by atoms with Gasteiger partial charge in [0.1, 0.15) is 6.10 Å². The summed E-state index contributed by atoms with van der Waals surface area (Å²) < 4.78 is 38.0. The fourth-order valence-electron chi connectivity index (χ4n) is 1.55. The average molecular weight is 352 g/mol. The van der Waals surface area contributed by atoms with Crippen molar-refractivity contribution >= 4 is 27.3 Å². The lowest BCUT2D eigenvalue weighted by atomic mass is 10.1. The van der Waals surface area contributed by atoms with Crippen molar-refractivity contribution in [1.29, 1.82) is 0 Å². The number of nitrogens with zero attached hydrogens (tertiary/aromatic N) is 1. The maximum absolute atomic E-state index is 12.5. The van der Waals surface area contributed by atoms with E-state index < -0.39 is 17.3 Å². The largest absolute Gasteiger partial charge is 0.443 e. The zero-order valence-electron chi connectivity index (χ0n) is 9.70. The zero-order chi connectivity index (χ0) is 14.2. The molecule has 2 aromatic rings. The van der Waals surface area contributed by atoms with E-state index in [1.165, 1.54) is 0 Å². The third kappa shape index (κ3) is 3.16. The molecule has 0 saturated heterocycles. The Morgan fingerprint density at radius 2 is 2.05 bits per heavy atom. The number of hydrogen-bond acceptors (Lipinski definition) is 3. The van der Waals surface area contributed by atoms with Crippen LogP contribution < -0.4 is 0 Å². The number of aliphatic hydroxyl groups excluding tert-OH is 1. The molecule has 2 rings (SSSR count). The molecule has 0 bridgehead atoms. The van der Waals surface area contributed by atoms with Gasteiger partial charge in [0.05, 0.1) is 4.88 Å². The Hall–Kier alpha value is -0.920. The molecule has 1 aromatic carbocycles. The van der Waals surface area contributed by atoms with Crippen LogP contribution in [0.4, 0.5) is 13.2 Å². The van der Waals surface area contributed by atoms with Crippen molar-refractivity contribution in [3.63, 3.8) is 0 Å². The van der Waals surface area contributed by atoms with Gasteiger partial charge in [-0.05, 0) is 18.6 Å². The predicted octanol–water partition coefficient (Wildman–Crippen LogP) is 4.31. The Labute approximate surface area is 120 Å². The van der Waals surface area contributed by atoms with Crippen LogP contribution in [-0.2, 0) is 6.18 Å². The Morgan fingerprint density at radius 1 is 1.37 bits per heavy atom. The molecule has 0 radical (unpaired) electrons. The van der Waals surface area contributed by atoms with Crippen molar-refractivity contribution in [2.45, 2.75) is 19.2 Å².